The quantitative estimate of drug-likeness (QED) is 0.443. The maximum Gasteiger partial charge on any atom is 0.355 e. The molecule has 4 aromatic rings. The van der Waals surface area contributed by atoms with Gasteiger partial charge in [0, 0.05) is 23.2 Å². The van der Waals surface area contributed by atoms with Gasteiger partial charge in [-0.05, 0) is 61.0 Å². The molecular formula is C27H24N2O5. The van der Waals surface area contributed by atoms with Gasteiger partial charge in [0.1, 0.15) is 11.4 Å². The Kier molecular flexibility index (Phi) is 6.45. The molecule has 3 aromatic carbocycles. The lowest BCUT2D eigenvalue weighted by atomic mass is 10.0. The zero-order chi connectivity index (χ0) is 24.2. The van der Waals surface area contributed by atoms with Crippen molar-refractivity contribution in [1.29, 1.82) is 0 Å². The molecule has 0 aliphatic heterocycles. The summed E-state index contributed by atoms with van der Waals surface area (Å²) in [5, 5.41) is 3.21. The van der Waals surface area contributed by atoms with Gasteiger partial charge in [0.25, 0.3) is 5.91 Å². The lowest BCUT2D eigenvalue weighted by Crippen LogP contribution is -2.31. The SMILES string of the molecule is COC(=O)c1c(CNC(=O)c2ccc(OC)cc2)c(=O)c2ccc(C)cc2n1-c1ccccc1. The van der Waals surface area contributed by atoms with E-state index >= 15 is 0 Å². The first-order valence-electron chi connectivity index (χ1n) is 10.7. The molecular weight excluding hydrogens is 432 g/mol. The van der Waals surface area contributed by atoms with E-state index in [1.54, 1.807) is 42.0 Å². The second-order valence-electron chi connectivity index (χ2n) is 7.75. The molecule has 0 spiro atoms. The van der Waals surface area contributed by atoms with E-state index in [0.29, 0.717) is 27.9 Å². The van der Waals surface area contributed by atoms with Crippen molar-refractivity contribution in [3.05, 3.63) is 105 Å². The molecule has 1 heterocycles. The highest BCUT2D eigenvalue weighted by molar-refractivity contribution is 5.97. The van der Waals surface area contributed by atoms with Crippen LogP contribution >= 0.6 is 0 Å². The summed E-state index contributed by atoms with van der Waals surface area (Å²) >= 11 is 0. The normalized spacial score (nSPS) is 10.7. The number of carbonyl (C=O) groups is 2. The number of carbonyl (C=O) groups excluding carboxylic acids is 2. The molecule has 4 rings (SSSR count). The predicted molar refractivity (Wildman–Crippen MR) is 130 cm³/mol. The van der Waals surface area contributed by atoms with E-state index in [9.17, 15) is 14.4 Å². The molecule has 1 N–H and O–H groups in total. The molecule has 0 saturated carbocycles. The summed E-state index contributed by atoms with van der Waals surface area (Å²) in [5.74, 6) is -0.425. The van der Waals surface area contributed by atoms with Crippen LogP contribution < -0.4 is 15.5 Å². The number of esters is 1. The van der Waals surface area contributed by atoms with Crippen LogP contribution in [0.5, 0.6) is 5.75 Å². The van der Waals surface area contributed by atoms with Crippen LogP contribution in [-0.4, -0.2) is 30.7 Å². The molecule has 7 heteroatoms. The van der Waals surface area contributed by atoms with Gasteiger partial charge in [-0.2, -0.15) is 0 Å². The number of ether oxygens (including phenoxy) is 2. The smallest absolute Gasteiger partial charge is 0.355 e. The third-order valence-electron chi connectivity index (χ3n) is 5.59. The van der Waals surface area contributed by atoms with E-state index in [4.69, 9.17) is 9.47 Å². The minimum atomic E-state index is -0.668. The van der Waals surface area contributed by atoms with E-state index < -0.39 is 5.97 Å². The monoisotopic (exact) mass is 456 g/mol. The zero-order valence-corrected chi connectivity index (χ0v) is 19.1. The summed E-state index contributed by atoms with van der Waals surface area (Å²) < 4.78 is 11.9. The van der Waals surface area contributed by atoms with Crippen LogP contribution in [0.3, 0.4) is 0 Å². The predicted octanol–water partition coefficient (Wildman–Crippen LogP) is 4.02. The molecule has 0 radical (unpaired) electrons. The average Bonchev–Trinajstić information content (AvgIpc) is 2.87. The van der Waals surface area contributed by atoms with Crippen molar-refractivity contribution in [2.75, 3.05) is 14.2 Å². The number of rotatable bonds is 6. The second-order valence-corrected chi connectivity index (χ2v) is 7.75. The fourth-order valence-corrected chi connectivity index (χ4v) is 3.88. The molecule has 0 atom stereocenters. The van der Waals surface area contributed by atoms with Crippen molar-refractivity contribution in [2.24, 2.45) is 0 Å². The van der Waals surface area contributed by atoms with Crippen LogP contribution in [0.15, 0.2) is 77.6 Å². The van der Waals surface area contributed by atoms with Gasteiger partial charge in [0.05, 0.1) is 25.3 Å². The number of fused-ring (bicyclic) bond motifs is 1. The minimum absolute atomic E-state index is 0.0758. The Balaban J connectivity index is 1.87. The molecule has 34 heavy (non-hydrogen) atoms. The lowest BCUT2D eigenvalue weighted by molar-refractivity contribution is 0.0589. The van der Waals surface area contributed by atoms with E-state index in [0.717, 1.165) is 5.56 Å². The molecule has 7 nitrogen and oxygen atoms in total. The number of aryl methyl sites for hydroxylation is 1. The molecule has 172 valence electrons. The number of benzene rings is 3. The highest BCUT2D eigenvalue weighted by Gasteiger charge is 2.24. The molecule has 0 aliphatic rings. The van der Waals surface area contributed by atoms with Gasteiger partial charge < -0.3 is 19.4 Å². The fraction of sp³-hybridized carbons (Fsp3) is 0.148. The Bertz CT molecular complexity index is 1420. The summed E-state index contributed by atoms with van der Waals surface area (Å²) in [6, 6.07) is 21.3. The second kappa shape index (κ2) is 9.62. The number of para-hydroxylation sites is 1. The Labute approximate surface area is 196 Å². The standard InChI is InChI=1S/C27H24N2O5/c1-17-9-14-21-23(15-17)29(19-7-5-4-6-8-19)24(27(32)34-3)22(25(21)30)16-28-26(31)18-10-12-20(33-2)13-11-18/h4-15H,16H2,1-3H3,(H,28,31). The number of pyridine rings is 1. The van der Waals surface area contributed by atoms with E-state index in [-0.39, 0.29) is 29.1 Å². The van der Waals surface area contributed by atoms with Crippen molar-refractivity contribution in [2.45, 2.75) is 13.5 Å². The van der Waals surface area contributed by atoms with Gasteiger partial charge in [0.2, 0.25) is 0 Å². The minimum Gasteiger partial charge on any atom is -0.497 e. The number of nitrogens with one attached hydrogen (secondary N) is 1. The van der Waals surface area contributed by atoms with E-state index in [1.807, 2.05) is 49.4 Å². The summed E-state index contributed by atoms with van der Waals surface area (Å²) in [4.78, 5) is 39.3. The maximum atomic E-state index is 13.5. The first kappa shape index (κ1) is 22.8. The summed E-state index contributed by atoms with van der Waals surface area (Å²) in [7, 11) is 2.81. The topological polar surface area (TPSA) is 86.6 Å². The molecule has 0 unspecified atom stereocenters. The number of hydrogen-bond donors (Lipinski definition) is 1. The van der Waals surface area contributed by atoms with Crippen molar-refractivity contribution in [3.63, 3.8) is 0 Å². The van der Waals surface area contributed by atoms with Gasteiger partial charge in [0.15, 0.2) is 5.43 Å². The Morgan fingerprint density at radius 3 is 2.29 bits per heavy atom. The van der Waals surface area contributed by atoms with Gasteiger partial charge in [-0.3, -0.25) is 9.59 Å². The first-order valence-corrected chi connectivity index (χ1v) is 10.7. The van der Waals surface area contributed by atoms with Gasteiger partial charge in [-0.25, -0.2) is 4.79 Å². The lowest BCUT2D eigenvalue weighted by Gasteiger charge is -2.20. The summed E-state index contributed by atoms with van der Waals surface area (Å²) in [6.45, 7) is 1.77. The van der Waals surface area contributed by atoms with Gasteiger partial charge in [-0.15, -0.1) is 0 Å². The molecule has 0 aliphatic carbocycles. The molecule has 1 aromatic heterocycles. The van der Waals surface area contributed by atoms with Crippen LogP contribution in [0.25, 0.3) is 16.6 Å². The van der Waals surface area contributed by atoms with Crippen molar-refractivity contribution in [1.82, 2.24) is 9.88 Å². The first-order chi connectivity index (χ1) is 16.4. The Morgan fingerprint density at radius 2 is 1.65 bits per heavy atom. The molecule has 0 fully saturated rings. The van der Waals surface area contributed by atoms with Crippen LogP contribution in [0.1, 0.15) is 32.0 Å². The summed E-state index contributed by atoms with van der Waals surface area (Å²) in [6.07, 6.45) is 0. The zero-order valence-electron chi connectivity index (χ0n) is 19.1. The number of hydrogen-bond acceptors (Lipinski definition) is 5. The summed E-state index contributed by atoms with van der Waals surface area (Å²) in [5.41, 5.74) is 2.51. The maximum absolute atomic E-state index is 13.5. The highest BCUT2D eigenvalue weighted by Crippen LogP contribution is 2.24. The number of amides is 1. The Hall–Kier alpha value is -4.39. The van der Waals surface area contributed by atoms with E-state index in [2.05, 4.69) is 5.32 Å². The van der Waals surface area contributed by atoms with Crippen LogP contribution in [-0.2, 0) is 11.3 Å². The average molecular weight is 456 g/mol. The van der Waals surface area contributed by atoms with Crippen molar-refractivity contribution in [3.8, 4) is 11.4 Å². The van der Waals surface area contributed by atoms with Gasteiger partial charge in [-0.1, -0.05) is 24.3 Å². The van der Waals surface area contributed by atoms with Crippen LogP contribution in [0, 0.1) is 6.92 Å². The van der Waals surface area contributed by atoms with Crippen LogP contribution in [0.4, 0.5) is 0 Å². The fourth-order valence-electron chi connectivity index (χ4n) is 3.88. The Morgan fingerprint density at radius 1 is 0.941 bits per heavy atom. The molecule has 1 amide bonds. The highest BCUT2D eigenvalue weighted by atomic mass is 16.5. The molecule has 0 bridgehead atoms. The molecule has 0 saturated heterocycles. The van der Waals surface area contributed by atoms with Crippen LogP contribution in [0.2, 0.25) is 0 Å². The largest absolute Gasteiger partial charge is 0.497 e. The number of methoxy groups -OCH3 is 2. The third-order valence-corrected chi connectivity index (χ3v) is 5.59. The van der Waals surface area contributed by atoms with Crippen molar-refractivity contribution < 1.29 is 19.1 Å². The number of aromatic nitrogens is 1. The number of nitrogens with zero attached hydrogens (tertiary/aromatic N) is 1. The van der Waals surface area contributed by atoms with Crippen molar-refractivity contribution >= 4 is 22.8 Å². The third kappa shape index (κ3) is 4.28. The van der Waals surface area contributed by atoms with E-state index in [1.165, 1.54) is 7.11 Å². The van der Waals surface area contributed by atoms with Gasteiger partial charge >= 0.3 is 5.97 Å².